The van der Waals surface area contributed by atoms with Gasteiger partial charge in [-0.2, -0.15) is 0 Å². The third kappa shape index (κ3) is 1.78. The van der Waals surface area contributed by atoms with E-state index >= 15 is 0 Å². The minimum absolute atomic E-state index is 0.161. The Morgan fingerprint density at radius 3 is 2.38 bits per heavy atom. The Hall–Kier alpha value is -1.84. The third-order valence-corrected chi connectivity index (χ3v) is 2.90. The molecule has 1 saturated carbocycles. The first-order chi connectivity index (χ1) is 7.54. The molecule has 4 heteroatoms. The van der Waals surface area contributed by atoms with Crippen molar-refractivity contribution in [2.45, 2.75) is 12.8 Å². The number of carbonyl (C=O) groups excluding carboxylic acids is 1. The fourth-order valence-electron chi connectivity index (χ4n) is 1.60. The van der Waals surface area contributed by atoms with Gasteiger partial charge >= 0.3 is 0 Å². The highest BCUT2D eigenvalue weighted by Crippen LogP contribution is 2.50. The number of anilines is 1. The van der Waals surface area contributed by atoms with Gasteiger partial charge in [0.25, 0.3) is 0 Å². The zero-order chi connectivity index (χ0) is 11.8. The van der Waals surface area contributed by atoms with Gasteiger partial charge in [0.05, 0.1) is 5.41 Å². The van der Waals surface area contributed by atoms with Crippen molar-refractivity contribution in [3.8, 4) is 0 Å². The SMILES string of the molecule is C=C(N)C1(C(=O)Nc2ccc(F)cc2)CC1. The summed E-state index contributed by atoms with van der Waals surface area (Å²) in [6.07, 6.45) is 1.46. The Labute approximate surface area is 93.1 Å². The van der Waals surface area contributed by atoms with Crippen LogP contribution >= 0.6 is 0 Å². The largest absolute Gasteiger partial charge is 0.402 e. The zero-order valence-corrected chi connectivity index (χ0v) is 8.79. The summed E-state index contributed by atoms with van der Waals surface area (Å²) in [5.74, 6) is -0.492. The van der Waals surface area contributed by atoms with Crippen LogP contribution in [0.5, 0.6) is 0 Å². The minimum Gasteiger partial charge on any atom is -0.402 e. The second-order valence-electron chi connectivity index (χ2n) is 4.07. The van der Waals surface area contributed by atoms with Gasteiger partial charge < -0.3 is 11.1 Å². The quantitative estimate of drug-likeness (QED) is 0.818. The summed E-state index contributed by atoms with van der Waals surface area (Å²) in [6.45, 7) is 3.62. The molecule has 1 aliphatic carbocycles. The molecule has 16 heavy (non-hydrogen) atoms. The van der Waals surface area contributed by atoms with Crippen molar-refractivity contribution in [3.63, 3.8) is 0 Å². The van der Waals surface area contributed by atoms with E-state index in [-0.39, 0.29) is 11.7 Å². The fourth-order valence-corrected chi connectivity index (χ4v) is 1.60. The van der Waals surface area contributed by atoms with E-state index in [1.807, 2.05) is 0 Å². The van der Waals surface area contributed by atoms with Crippen LogP contribution in [0.4, 0.5) is 10.1 Å². The van der Waals surface area contributed by atoms with Gasteiger partial charge in [0.1, 0.15) is 5.82 Å². The van der Waals surface area contributed by atoms with Crippen molar-refractivity contribution in [1.82, 2.24) is 0 Å². The maximum Gasteiger partial charge on any atom is 0.236 e. The second-order valence-corrected chi connectivity index (χ2v) is 4.07. The summed E-state index contributed by atoms with van der Waals surface area (Å²) >= 11 is 0. The highest BCUT2D eigenvalue weighted by atomic mass is 19.1. The molecule has 0 aromatic heterocycles. The first kappa shape index (κ1) is 10.7. The van der Waals surface area contributed by atoms with E-state index in [1.54, 1.807) is 0 Å². The molecule has 2 rings (SSSR count). The van der Waals surface area contributed by atoms with Gasteiger partial charge in [-0.15, -0.1) is 0 Å². The lowest BCUT2D eigenvalue weighted by atomic mass is 10.0. The Kier molecular flexibility index (Phi) is 2.42. The van der Waals surface area contributed by atoms with Crippen LogP contribution in [0.1, 0.15) is 12.8 Å². The number of amides is 1. The van der Waals surface area contributed by atoms with E-state index in [0.29, 0.717) is 11.4 Å². The summed E-state index contributed by atoms with van der Waals surface area (Å²) in [5, 5.41) is 2.71. The zero-order valence-electron chi connectivity index (χ0n) is 8.79. The molecule has 1 fully saturated rings. The van der Waals surface area contributed by atoms with Crippen LogP contribution in [0.2, 0.25) is 0 Å². The van der Waals surface area contributed by atoms with Crippen molar-refractivity contribution in [2.24, 2.45) is 11.1 Å². The number of nitrogens with one attached hydrogen (secondary N) is 1. The van der Waals surface area contributed by atoms with Crippen LogP contribution in [0, 0.1) is 11.2 Å². The van der Waals surface area contributed by atoms with E-state index in [9.17, 15) is 9.18 Å². The Morgan fingerprint density at radius 2 is 1.94 bits per heavy atom. The molecule has 0 bridgehead atoms. The average Bonchev–Trinajstić information content (AvgIpc) is 3.02. The van der Waals surface area contributed by atoms with Crippen LogP contribution in [0.15, 0.2) is 36.5 Å². The van der Waals surface area contributed by atoms with E-state index in [0.717, 1.165) is 12.8 Å². The Bertz CT molecular complexity index is 435. The Balaban J connectivity index is 2.08. The number of carbonyl (C=O) groups is 1. The van der Waals surface area contributed by atoms with Crippen molar-refractivity contribution >= 4 is 11.6 Å². The maximum absolute atomic E-state index is 12.7. The summed E-state index contributed by atoms with van der Waals surface area (Å²) in [5.41, 5.74) is 5.96. The standard InChI is InChI=1S/C12H13FN2O/c1-8(14)12(6-7-12)11(16)15-10-4-2-9(13)3-5-10/h2-5H,1,6-7,14H2,(H,15,16). The highest BCUT2D eigenvalue weighted by molar-refractivity contribution is 5.99. The van der Waals surface area contributed by atoms with Gasteiger partial charge in [-0.25, -0.2) is 4.39 Å². The first-order valence-corrected chi connectivity index (χ1v) is 5.06. The molecule has 84 valence electrons. The van der Waals surface area contributed by atoms with Crippen molar-refractivity contribution < 1.29 is 9.18 Å². The summed E-state index contributed by atoms with van der Waals surface area (Å²) < 4.78 is 12.7. The van der Waals surface area contributed by atoms with Gasteiger partial charge in [0.15, 0.2) is 0 Å². The molecule has 0 saturated heterocycles. The van der Waals surface area contributed by atoms with Gasteiger partial charge in [-0.1, -0.05) is 6.58 Å². The van der Waals surface area contributed by atoms with Crippen LogP contribution < -0.4 is 11.1 Å². The monoisotopic (exact) mass is 220 g/mol. The van der Waals surface area contributed by atoms with Crippen molar-refractivity contribution in [3.05, 3.63) is 42.4 Å². The van der Waals surface area contributed by atoms with Crippen molar-refractivity contribution in [2.75, 3.05) is 5.32 Å². The van der Waals surface area contributed by atoms with Crippen LogP contribution in [0.25, 0.3) is 0 Å². The van der Waals surface area contributed by atoms with E-state index in [1.165, 1.54) is 24.3 Å². The van der Waals surface area contributed by atoms with Gasteiger partial charge in [0.2, 0.25) is 5.91 Å². The maximum atomic E-state index is 12.7. The molecule has 3 nitrogen and oxygen atoms in total. The van der Waals surface area contributed by atoms with Crippen molar-refractivity contribution in [1.29, 1.82) is 0 Å². The molecule has 1 aromatic carbocycles. The lowest BCUT2D eigenvalue weighted by Crippen LogP contribution is -2.28. The van der Waals surface area contributed by atoms with Crippen LogP contribution in [0.3, 0.4) is 0 Å². The first-order valence-electron chi connectivity index (χ1n) is 5.06. The molecule has 0 aliphatic heterocycles. The molecular weight excluding hydrogens is 207 g/mol. The number of hydrogen-bond donors (Lipinski definition) is 2. The summed E-state index contributed by atoms with van der Waals surface area (Å²) in [7, 11) is 0. The molecule has 0 unspecified atom stereocenters. The molecule has 3 N–H and O–H groups in total. The molecule has 1 aliphatic rings. The fraction of sp³-hybridized carbons (Fsp3) is 0.250. The molecule has 0 atom stereocenters. The lowest BCUT2D eigenvalue weighted by Gasteiger charge is -2.14. The number of rotatable bonds is 3. The number of benzene rings is 1. The summed E-state index contributed by atoms with van der Waals surface area (Å²) in [4.78, 5) is 11.9. The average molecular weight is 220 g/mol. The predicted molar refractivity (Wildman–Crippen MR) is 60.0 cm³/mol. The predicted octanol–water partition coefficient (Wildman–Crippen LogP) is 2.02. The van der Waals surface area contributed by atoms with Gasteiger partial charge in [-0.3, -0.25) is 4.79 Å². The van der Waals surface area contributed by atoms with Crippen LogP contribution in [-0.4, -0.2) is 5.91 Å². The van der Waals surface area contributed by atoms with Gasteiger partial charge in [-0.05, 0) is 37.1 Å². The normalized spacial score (nSPS) is 16.6. The molecule has 0 spiro atoms. The molecule has 1 amide bonds. The molecule has 1 aromatic rings. The van der Waals surface area contributed by atoms with E-state index in [4.69, 9.17) is 5.73 Å². The van der Waals surface area contributed by atoms with E-state index < -0.39 is 5.41 Å². The number of halogens is 1. The highest BCUT2D eigenvalue weighted by Gasteiger charge is 2.51. The smallest absolute Gasteiger partial charge is 0.236 e. The number of hydrogen-bond acceptors (Lipinski definition) is 2. The van der Waals surface area contributed by atoms with E-state index in [2.05, 4.69) is 11.9 Å². The third-order valence-electron chi connectivity index (χ3n) is 2.90. The number of nitrogens with two attached hydrogens (primary N) is 1. The lowest BCUT2D eigenvalue weighted by molar-refractivity contribution is -0.119. The minimum atomic E-state index is -0.603. The Morgan fingerprint density at radius 1 is 1.38 bits per heavy atom. The van der Waals surface area contributed by atoms with Crippen LogP contribution in [-0.2, 0) is 4.79 Å². The topological polar surface area (TPSA) is 55.1 Å². The van der Waals surface area contributed by atoms with Gasteiger partial charge in [0, 0.05) is 11.4 Å². The molecule has 0 radical (unpaired) electrons. The second kappa shape index (κ2) is 3.63. The molecular formula is C12H13FN2O. The summed E-state index contributed by atoms with van der Waals surface area (Å²) in [6, 6.07) is 5.63. The molecule has 0 heterocycles.